The summed E-state index contributed by atoms with van der Waals surface area (Å²) in [4.78, 5) is 18.2. The number of hydrogen-bond donors (Lipinski definition) is 1. The molecule has 0 bridgehead atoms. The highest BCUT2D eigenvalue weighted by Crippen LogP contribution is 2.25. The largest absolute Gasteiger partial charge is 0.481 e. The van der Waals surface area contributed by atoms with Crippen LogP contribution in [-0.2, 0) is 6.42 Å². The summed E-state index contributed by atoms with van der Waals surface area (Å²) in [5, 5.41) is 10.4. The first kappa shape index (κ1) is 17.4. The Hall–Kier alpha value is -2.47. The highest BCUT2D eigenvalue weighted by atomic mass is 19.1. The van der Waals surface area contributed by atoms with E-state index < -0.39 is 6.10 Å². The van der Waals surface area contributed by atoms with Gasteiger partial charge in [-0.05, 0) is 36.5 Å². The number of pyridine rings is 1. The number of aromatic nitrogens is 1. The van der Waals surface area contributed by atoms with E-state index in [4.69, 9.17) is 4.74 Å². The van der Waals surface area contributed by atoms with Crippen molar-refractivity contribution in [3.8, 4) is 5.88 Å². The Morgan fingerprint density at radius 1 is 1.40 bits per heavy atom. The SMILES string of the molecule is COc1cc(C(=O)N2CC[C@H](Cc3ccccc3F)[C@H](O)C2)ccn1. The quantitative estimate of drug-likeness (QED) is 0.924. The van der Waals surface area contributed by atoms with Crippen molar-refractivity contribution in [3.63, 3.8) is 0 Å². The maximum Gasteiger partial charge on any atom is 0.254 e. The minimum absolute atomic E-state index is 0.0621. The van der Waals surface area contributed by atoms with Gasteiger partial charge in [-0.2, -0.15) is 0 Å². The van der Waals surface area contributed by atoms with Crippen LogP contribution in [0.2, 0.25) is 0 Å². The van der Waals surface area contributed by atoms with Gasteiger partial charge in [-0.25, -0.2) is 9.37 Å². The summed E-state index contributed by atoms with van der Waals surface area (Å²) in [6.07, 6.45) is 1.94. The number of carbonyl (C=O) groups is 1. The van der Waals surface area contributed by atoms with E-state index in [0.717, 1.165) is 0 Å². The fraction of sp³-hybridized carbons (Fsp3) is 0.368. The number of methoxy groups -OCH3 is 1. The Bertz CT molecular complexity index is 753. The van der Waals surface area contributed by atoms with Gasteiger partial charge in [-0.15, -0.1) is 0 Å². The number of rotatable bonds is 4. The molecule has 1 amide bonds. The molecule has 5 nitrogen and oxygen atoms in total. The van der Waals surface area contributed by atoms with Crippen molar-refractivity contribution < 1.29 is 19.0 Å². The van der Waals surface area contributed by atoms with Crippen LogP contribution in [0.4, 0.5) is 4.39 Å². The number of benzene rings is 1. The fourth-order valence-corrected chi connectivity index (χ4v) is 3.19. The van der Waals surface area contributed by atoms with Gasteiger partial charge in [0.1, 0.15) is 5.82 Å². The van der Waals surface area contributed by atoms with Crippen molar-refractivity contribution in [2.24, 2.45) is 5.92 Å². The summed E-state index contributed by atoms with van der Waals surface area (Å²) in [5.74, 6) is -0.102. The van der Waals surface area contributed by atoms with Crippen LogP contribution in [0, 0.1) is 11.7 Å². The predicted molar refractivity (Wildman–Crippen MR) is 90.9 cm³/mol. The molecule has 1 fully saturated rings. The zero-order valence-electron chi connectivity index (χ0n) is 14.1. The van der Waals surface area contributed by atoms with Gasteiger partial charge in [0.25, 0.3) is 5.91 Å². The van der Waals surface area contributed by atoms with Gasteiger partial charge in [0.2, 0.25) is 5.88 Å². The van der Waals surface area contributed by atoms with Crippen molar-refractivity contribution in [2.75, 3.05) is 20.2 Å². The maximum atomic E-state index is 13.8. The van der Waals surface area contributed by atoms with E-state index in [2.05, 4.69) is 4.98 Å². The Kier molecular flexibility index (Phi) is 5.28. The molecule has 1 aromatic carbocycles. The van der Waals surface area contributed by atoms with E-state index >= 15 is 0 Å². The molecule has 0 spiro atoms. The Labute approximate surface area is 146 Å². The zero-order valence-corrected chi connectivity index (χ0v) is 14.1. The van der Waals surface area contributed by atoms with Crippen molar-refractivity contribution in [1.82, 2.24) is 9.88 Å². The van der Waals surface area contributed by atoms with Crippen molar-refractivity contribution in [1.29, 1.82) is 0 Å². The van der Waals surface area contributed by atoms with E-state index in [9.17, 15) is 14.3 Å². The molecular weight excluding hydrogens is 323 g/mol. The summed E-state index contributed by atoms with van der Waals surface area (Å²) < 4.78 is 18.8. The first-order chi connectivity index (χ1) is 12.1. The summed E-state index contributed by atoms with van der Waals surface area (Å²) in [7, 11) is 1.49. The van der Waals surface area contributed by atoms with Crippen LogP contribution in [0.3, 0.4) is 0 Å². The monoisotopic (exact) mass is 344 g/mol. The average molecular weight is 344 g/mol. The lowest BCUT2D eigenvalue weighted by molar-refractivity contribution is 0.0195. The summed E-state index contributed by atoms with van der Waals surface area (Å²) in [5.41, 5.74) is 1.08. The molecule has 1 aromatic heterocycles. The highest BCUT2D eigenvalue weighted by Gasteiger charge is 2.31. The molecule has 25 heavy (non-hydrogen) atoms. The van der Waals surface area contributed by atoms with Gasteiger partial charge in [0, 0.05) is 30.9 Å². The average Bonchev–Trinajstić information content (AvgIpc) is 2.64. The second-order valence-corrected chi connectivity index (χ2v) is 6.25. The second kappa shape index (κ2) is 7.61. The zero-order chi connectivity index (χ0) is 17.8. The van der Waals surface area contributed by atoms with Gasteiger partial charge < -0.3 is 14.7 Å². The number of carbonyl (C=O) groups excluding carboxylic acids is 1. The molecule has 1 N–H and O–H groups in total. The molecule has 132 valence electrons. The van der Waals surface area contributed by atoms with E-state index in [0.29, 0.717) is 36.4 Å². The minimum Gasteiger partial charge on any atom is -0.481 e. The van der Waals surface area contributed by atoms with Crippen molar-refractivity contribution >= 4 is 5.91 Å². The van der Waals surface area contributed by atoms with Gasteiger partial charge >= 0.3 is 0 Å². The molecule has 2 atom stereocenters. The van der Waals surface area contributed by atoms with Crippen LogP contribution in [0.15, 0.2) is 42.6 Å². The number of likely N-dealkylation sites (tertiary alicyclic amines) is 1. The van der Waals surface area contributed by atoms with Crippen LogP contribution in [0.25, 0.3) is 0 Å². The molecule has 1 aliphatic heterocycles. The lowest BCUT2D eigenvalue weighted by Gasteiger charge is -2.36. The molecule has 3 rings (SSSR count). The summed E-state index contributed by atoms with van der Waals surface area (Å²) in [6, 6.07) is 9.82. The van der Waals surface area contributed by atoms with E-state index in [1.54, 1.807) is 35.2 Å². The molecule has 2 heterocycles. The first-order valence-corrected chi connectivity index (χ1v) is 8.29. The van der Waals surface area contributed by atoms with Crippen molar-refractivity contribution in [2.45, 2.75) is 18.9 Å². The first-order valence-electron chi connectivity index (χ1n) is 8.29. The highest BCUT2D eigenvalue weighted by molar-refractivity contribution is 5.94. The fourth-order valence-electron chi connectivity index (χ4n) is 3.19. The Balaban J connectivity index is 1.65. The normalized spacial score (nSPS) is 20.4. The van der Waals surface area contributed by atoms with Gasteiger partial charge in [0.15, 0.2) is 0 Å². The number of halogens is 1. The van der Waals surface area contributed by atoms with Gasteiger partial charge in [-0.3, -0.25) is 4.79 Å². The van der Waals surface area contributed by atoms with Crippen LogP contribution in [0.5, 0.6) is 5.88 Å². The van der Waals surface area contributed by atoms with Crippen LogP contribution in [0.1, 0.15) is 22.3 Å². The van der Waals surface area contributed by atoms with E-state index in [1.165, 1.54) is 19.4 Å². The van der Waals surface area contributed by atoms with E-state index in [-0.39, 0.29) is 24.2 Å². The topological polar surface area (TPSA) is 62.7 Å². The molecular formula is C19H21FN2O3. The second-order valence-electron chi connectivity index (χ2n) is 6.25. The number of β-amino-alcohol motifs (C(OH)–C–C–N with tert-alkyl or cyclic N) is 1. The molecule has 6 heteroatoms. The van der Waals surface area contributed by atoms with Crippen LogP contribution in [-0.4, -0.2) is 47.2 Å². The van der Waals surface area contributed by atoms with Crippen LogP contribution >= 0.6 is 0 Å². The molecule has 0 saturated carbocycles. The standard InChI is InChI=1S/C19H21FN2O3/c1-25-18-11-15(6-8-21-18)19(24)22-9-7-14(17(23)12-22)10-13-4-2-3-5-16(13)20/h2-6,8,11,14,17,23H,7,9-10,12H2,1H3/t14-,17-/m1/s1. The molecule has 0 radical (unpaired) electrons. The smallest absolute Gasteiger partial charge is 0.254 e. The molecule has 0 aliphatic carbocycles. The van der Waals surface area contributed by atoms with Crippen molar-refractivity contribution in [3.05, 3.63) is 59.5 Å². The third kappa shape index (κ3) is 3.96. The van der Waals surface area contributed by atoms with Gasteiger partial charge in [0.05, 0.1) is 13.2 Å². The number of piperidine rings is 1. The number of nitrogens with zero attached hydrogens (tertiary/aromatic N) is 2. The summed E-state index contributed by atoms with van der Waals surface area (Å²) in [6.45, 7) is 0.766. The maximum absolute atomic E-state index is 13.8. The predicted octanol–water partition coefficient (Wildman–Crippen LogP) is 2.29. The minimum atomic E-state index is -0.680. The number of hydrogen-bond acceptors (Lipinski definition) is 4. The third-order valence-electron chi connectivity index (χ3n) is 4.64. The molecule has 1 saturated heterocycles. The van der Waals surface area contributed by atoms with Gasteiger partial charge in [-0.1, -0.05) is 18.2 Å². The van der Waals surface area contributed by atoms with Crippen LogP contribution < -0.4 is 4.74 Å². The Morgan fingerprint density at radius 2 is 2.20 bits per heavy atom. The number of aliphatic hydroxyl groups is 1. The van der Waals surface area contributed by atoms with E-state index in [1.807, 2.05) is 0 Å². The molecule has 1 aliphatic rings. The number of ether oxygens (including phenoxy) is 1. The summed E-state index contributed by atoms with van der Waals surface area (Å²) >= 11 is 0. The lowest BCUT2D eigenvalue weighted by atomic mass is 9.87. The Morgan fingerprint density at radius 3 is 2.92 bits per heavy atom. The molecule has 0 unspecified atom stereocenters. The molecule has 2 aromatic rings. The third-order valence-corrected chi connectivity index (χ3v) is 4.64. The number of aliphatic hydroxyl groups excluding tert-OH is 1. The lowest BCUT2D eigenvalue weighted by Crippen LogP contribution is -2.47. The number of amides is 1.